The van der Waals surface area contributed by atoms with Crippen molar-refractivity contribution in [1.29, 1.82) is 0 Å². The molecule has 4 heteroatoms. The van der Waals surface area contributed by atoms with Gasteiger partial charge in [-0.2, -0.15) is 0 Å². The van der Waals surface area contributed by atoms with Crippen LogP contribution in [0.1, 0.15) is 38.7 Å². The van der Waals surface area contributed by atoms with E-state index in [9.17, 15) is 0 Å². The fraction of sp³-hybridized carbons (Fsp3) is 0.533. The van der Waals surface area contributed by atoms with Crippen LogP contribution in [0, 0.1) is 0 Å². The van der Waals surface area contributed by atoms with Gasteiger partial charge in [0, 0.05) is 25.4 Å². The molecule has 0 saturated heterocycles. The predicted molar refractivity (Wildman–Crippen MR) is 85.9 cm³/mol. The molecule has 0 aromatic heterocycles. The monoisotopic (exact) mass is 280 g/mol. The van der Waals surface area contributed by atoms with E-state index >= 15 is 0 Å². The molecule has 2 N–H and O–H groups in total. The minimum absolute atomic E-state index is 0.523. The molecule has 106 valence electrons. The van der Waals surface area contributed by atoms with Gasteiger partial charge in [-0.3, -0.25) is 0 Å². The Kier molecular flexibility index (Phi) is 7.45. The highest BCUT2D eigenvalue weighted by atomic mass is 32.1. The fourth-order valence-electron chi connectivity index (χ4n) is 1.67. The van der Waals surface area contributed by atoms with E-state index in [2.05, 4.69) is 42.7 Å². The van der Waals surface area contributed by atoms with Crippen molar-refractivity contribution in [2.45, 2.75) is 33.1 Å². The number of benzene rings is 1. The molecule has 0 saturated carbocycles. The maximum Gasteiger partial charge on any atom is 0.170 e. The molecule has 0 unspecified atom stereocenters. The molecule has 0 radical (unpaired) electrons. The molecule has 0 spiro atoms. The Morgan fingerprint density at radius 1 is 1.37 bits per heavy atom. The topological polar surface area (TPSA) is 33.3 Å². The maximum atomic E-state index is 5.27. The summed E-state index contributed by atoms with van der Waals surface area (Å²) in [6.07, 6.45) is 0.960. The summed E-state index contributed by atoms with van der Waals surface area (Å²) in [5, 5.41) is 7.05. The Hall–Kier alpha value is -1.13. The van der Waals surface area contributed by atoms with Gasteiger partial charge in [-0.05, 0) is 49.2 Å². The second kappa shape index (κ2) is 8.88. The summed E-state index contributed by atoms with van der Waals surface area (Å²) in [6, 6.07) is 8.35. The predicted octanol–water partition coefficient (Wildman–Crippen LogP) is 3.52. The Labute approximate surface area is 121 Å². The Bertz CT molecular complexity index is 393. The van der Waals surface area contributed by atoms with Gasteiger partial charge in [-0.15, -0.1) is 0 Å². The van der Waals surface area contributed by atoms with Gasteiger partial charge < -0.3 is 15.4 Å². The molecule has 1 aromatic rings. The van der Waals surface area contributed by atoms with E-state index in [0.29, 0.717) is 11.0 Å². The molecular weight excluding hydrogens is 256 g/mol. The number of anilines is 1. The van der Waals surface area contributed by atoms with Crippen LogP contribution >= 0.6 is 12.2 Å². The first-order valence-electron chi connectivity index (χ1n) is 6.86. The molecule has 0 aliphatic carbocycles. The average molecular weight is 280 g/mol. The zero-order chi connectivity index (χ0) is 14.1. The Morgan fingerprint density at radius 3 is 2.84 bits per heavy atom. The quantitative estimate of drug-likeness (QED) is 0.591. The summed E-state index contributed by atoms with van der Waals surface area (Å²) >= 11 is 5.26. The summed E-state index contributed by atoms with van der Waals surface area (Å²) in [5.74, 6) is 0.523. The Morgan fingerprint density at radius 2 is 2.16 bits per heavy atom. The zero-order valence-electron chi connectivity index (χ0n) is 12.0. The number of ether oxygens (including phenoxy) is 1. The molecule has 0 atom stereocenters. The average Bonchev–Trinajstić information content (AvgIpc) is 2.38. The van der Waals surface area contributed by atoms with Gasteiger partial charge in [0.2, 0.25) is 0 Å². The summed E-state index contributed by atoms with van der Waals surface area (Å²) in [4.78, 5) is 0. The molecule has 0 heterocycles. The van der Waals surface area contributed by atoms with Gasteiger partial charge in [0.25, 0.3) is 0 Å². The van der Waals surface area contributed by atoms with Crippen LogP contribution in [0.4, 0.5) is 5.69 Å². The van der Waals surface area contributed by atoms with Crippen LogP contribution < -0.4 is 10.6 Å². The van der Waals surface area contributed by atoms with Gasteiger partial charge in [0.05, 0.1) is 0 Å². The van der Waals surface area contributed by atoms with Gasteiger partial charge in [-0.25, -0.2) is 0 Å². The van der Waals surface area contributed by atoms with Crippen LogP contribution in [0.15, 0.2) is 24.3 Å². The van der Waals surface area contributed by atoms with Crippen LogP contribution in [0.5, 0.6) is 0 Å². The number of nitrogens with one attached hydrogen (secondary N) is 2. The van der Waals surface area contributed by atoms with Crippen LogP contribution in [0.2, 0.25) is 0 Å². The molecule has 0 amide bonds. The molecule has 3 nitrogen and oxygen atoms in total. The third-order valence-electron chi connectivity index (χ3n) is 2.77. The molecule has 0 aliphatic heterocycles. The van der Waals surface area contributed by atoms with Crippen molar-refractivity contribution in [1.82, 2.24) is 5.32 Å². The standard InChI is InChI=1S/C15H24N2OS/c1-4-18-10-6-9-16-15(19)17-14-8-5-7-13(11-14)12(2)3/h5,7-8,11-12H,4,6,9-10H2,1-3H3,(H2,16,17,19). The van der Waals surface area contributed by atoms with Crippen molar-refractivity contribution in [3.63, 3.8) is 0 Å². The summed E-state index contributed by atoms with van der Waals surface area (Å²) in [5.41, 5.74) is 2.35. The van der Waals surface area contributed by atoms with E-state index in [4.69, 9.17) is 17.0 Å². The normalized spacial score (nSPS) is 10.5. The van der Waals surface area contributed by atoms with E-state index in [1.54, 1.807) is 0 Å². The van der Waals surface area contributed by atoms with Crippen LogP contribution in [-0.4, -0.2) is 24.9 Å². The first kappa shape index (κ1) is 15.9. The molecule has 0 fully saturated rings. The number of rotatable bonds is 7. The van der Waals surface area contributed by atoms with Gasteiger partial charge in [-0.1, -0.05) is 26.0 Å². The van der Waals surface area contributed by atoms with E-state index < -0.39 is 0 Å². The van der Waals surface area contributed by atoms with Crippen molar-refractivity contribution >= 4 is 23.0 Å². The van der Waals surface area contributed by atoms with Gasteiger partial charge >= 0.3 is 0 Å². The molecule has 0 bridgehead atoms. The zero-order valence-corrected chi connectivity index (χ0v) is 12.8. The summed E-state index contributed by atoms with van der Waals surface area (Å²) < 4.78 is 5.27. The van der Waals surface area contributed by atoms with Crippen LogP contribution in [-0.2, 0) is 4.74 Å². The largest absolute Gasteiger partial charge is 0.382 e. The molecule has 19 heavy (non-hydrogen) atoms. The van der Waals surface area contributed by atoms with Crippen molar-refractivity contribution in [2.75, 3.05) is 25.1 Å². The van der Waals surface area contributed by atoms with E-state index in [0.717, 1.165) is 31.9 Å². The summed E-state index contributed by atoms with van der Waals surface area (Å²) in [6.45, 7) is 8.74. The van der Waals surface area contributed by atoms with Crippen molar-refractivity contribution < 1.29 is 4.74 Å². The highest BCUT2D eigenvalue weighted by molar-refractivity contribution is 7.80. The smallest absolute Gasteiger partial charge is 0.170 e. The maximum absolute atomic E-state index is 5.27. The van der Waals surface area contributed by atoms with Crippen molar-refractivity contribution in [3.05, 3.63) is 29.8 Å². The highest BCUT2D eigenvalue weighted by Gasteiger charge is 2.01. The fourth-order valence-corrected chi connectivity index (χ4v) is 1.89. The lowest BCUT2D eigenvalue weighted by molar-refractivity contribution is 0.146. The van der Waals surface area contributed by atoms with Gasteiger partial charge in [0.15, 0.2) is 5.11 Å². The van der Waals surface area contributed by atoms with Crippen LogP contribution in [0.25, 0.3) is 0 Å². The minimum Gasteiger partial charge on any atom is -0.382 e. The lowest BCUT2D eigenvalue weighted by Crippen LogP contribution is -2.29. The number of thiocarbonyl (C=S) groups is 1. The number of hydrogen-bond donors (Lipinski definition) is 2. The second-order valence-corrected chi connectivity index (χ2v) is 5.12. The highest BCUT2D eigenvalue weighted by Crippen LogP contribution is 2.18. The third kappa shape index (κ3) is 6.55. The number of hydrogen-bond acceptors (Lipinski definition) is 2. The van der Waals surface area contributed by atoms with Gasteiger partial charge in [0.1, 0.15) is 0 Å². The molecular formula is C15H24N2OS. The molecule has 1 rings (SSSR count). The van der Waals surface area contributed by atoms with E-state index in [1.165, 1.54) is 5.56 Å². The third-order valence-corrected chi connectivity index (χ3v) is 3.01. The summed E-state index contributed by atoms with van der Waals surface area (Å²) in [7, 11) is 0. The first-order chi connectivity index (χ1) is 9.13. The van der Waals surface area contributed by atoms with Crippen LogP contribution in [0.3, 0.4) is 0 Å². The molecule has 0 aliphatic rings. The molecule has 1 aromatic carbocycles. The Balaban J connectivity index is 2.33. The second-order valence-electron chi connectivity index (χ2n) is 4.71. The van der Waals surface area contributed by atoms with Crippen molar-refractivity contribution in [2.24, 2.45) is 0 Å². The lowest BCUT2D eigenvalue weighted by atomic mass is 10.0. The van der Waals surface area contributed by atoms with Crippen molar-refractivity contribution in [3.8, 4) is 0 Å². The first-order valence-corrected chi connectivity index (χ1v) is 7.27. The van der Waals surface area contributed by atoms with E-state index in [-0.39, 0.29) is 0 Å². The lowest BCUT2D eigenvalue weighted by Gasteiger charge is -2.12. The minimum atomic E-state index is 0.523. The van der Waals surface area contributed by atoms with E-state index in [1.807, 2.05) is 13.0 Å². The SMILES string of the molecule is CCOCCCNC(=S)Nc1cccc(C(C)C)c1.